The van der Waals surface area contributed by atoms with E-state index in [1.807, 2.05) is 66.9 Å². The Kier molecular flexibility index (Phi) is 6.39. The summed E-state index contributed by atoms with van der Waals surface area (Å²) in [5.74, 6) is 0.758. The van der Waals surface area contributed by atoms with E-state index in [4.69, 9.17) is 4.74 Å². The summed E-state index contributed by atoms with van der Waals surface area (Å²) in [6.45, 7) is 2.36. The van der Waals surface area contributed by atoms with E-state index < -0.39 is 0 Å². The minimum atomic E-state index is -0.149. The zero-order valence-corrected chi connectivity index (χ0v) is 18.8. The molecule has 0 saturated carbocycles. The number of nitrogens with zero attached hydrogens (tertiary/aromatic N) is 2. The Bertz CT molecular complexity index is 1260. The molecule has 6 nitrogen and oxygen atoms in total. The molecule has 0 saturated heterocycles. The van der Waals surface area contributed by atoms with Crippen molar-refractivity contribution in [2.75, 3.05) is 18.2 Å². The van der Waals surface area contributed by atoms with E-state index in [2.05, 4.69) is 10.3 Å². The highest BCUT2D eigenvalue weighted by atomic mass is 32.2. The fraction of sp³-hybridized carbons (Fsp3) is 0.174. The molecule has 2 heterocycles. The fourth-order valence-corrected chi connectivity index (χ4v) is 4.63. The third-order valence-corrected chi connectivity index (χ3v) is 6.57. The SMILES string of the molecule is COc1ccc(Cn2c(SCC(=O)Nc3ccc(C)cc3)nc3ccsc3c2=O)cc1. The van der Waals surface area contributed by atoms with Crippen LogP contribution in [0.4, 0.5) is 5.69 Å². The number of anilines is 1. The lowest BCUT2D eigenvalue weighted by molar-refractivity contribution is -0.113. The maximum absolute atomic E-state index is 13.1. The Hall–Kier alpha value is -3.10. The van der Waals surface area contributed by atoms with Crippen LogP contribution >= 0.6 is 23.1 Å². The number of ether oxygens (including phenoxy) is 1. The van der Waals surface area contributed by atoms with Crippen molar-refractivity contribution in [3.63, 3.8) is 0 Å². The van der Waals surface area contributed by atoms with Gasteiger partial charge in [0.2, 0.25) is 5.91 Å². The Morgan fingerprint density at radius 2 is 1.87 bits per heavy atom. The Balaban J connectivity index is 1.56. The molecule has 0 bridgehead atoms. The highest BCUT2D eigenvalue weighted by Gasteiger charge is 2.15. The predicted octanol–water partition coefficient (Wildman–Crippen LogP) is 4.55. The van der Waals surface area contributed by atoms with Gasteiger partial charge in [-0.05, 0) is 48.2 Å². The average Bonchev–Trinajstić information content (AvgIpc) is 3.25. The lowest BCUT2D eigenvalue weighted by Gasteiger charge is -2.12. The normalized spacial score (nSPS) is 10.9. The van der Waals surface area contributed by atoms with Gasteiger partial charge in [-0.15, -0.1) is 11.3 Å². The highest BCUT2D eigenvalue weighted by molar-refractivity contribution is 7.99. The molecule has 1 amide bonds. The minimum Gasteiger partial charge on any atom is -0.497 e. The van der Waals surface area contributed by atoms with Gasteiger partial charge in [0.05, 0.1) is 24.9 Å². The standard InChI is InChI=1S/C23H21N3O3S2/c1-15-3-7-17(8-4-15)24-20(27)14-31-23-25-19-11-12-30-21(19)22(28)26(23)13-16-5-9-18(29-2)10-6-16/h3-12H,13-14H2,1-2H3,(H,24,27). The van der Waals surface area contributed by atoms with Crippen molar-refractivity contribution in [2.45, 2.75) is 18.6 Å². The molecule has 0 atom stereocenters. The Morgan fingerprint density at radius 3 is 2.58 bits per heavy atom. The van der Waals surface area contributed by atoms with Gasteiger partial charge in [-0.3, -0.25) is 14.2 Å². The summed E-state index contributed by atoms with van der Waals surface area (Å²) in [4.78, 5) is 30.2. The number of nitrogens with one attached hydrogen (secondary N) is 1. The van der Waals surface area contributed by atoms with E-state index in [-0.39, 0.29) is 17.2 Å². The molecule has 8 heteroatoms. The van der Waals surface area contributed by atoms with Gasteiger partial charge in [-0.2, -0.15) is 0 Å². The van der Waals surface area contributed by atoms with Crippen LogP contribution in [0, 0.1) is 6.92 Å². The van der Waals surface area contributed by atoms with E-state index in [0.29, 0.717) is 21.9 Å². The number of amides is 1. The van der Waals surface area contributed by atoms with Crippen LogP contribution < -0.4 is 15.6 Å². The zero-order valence-electron chi connectivity index (χ0n) is 17.1. The molecule has 31 heavy (non-hydrogen) atoms. The van der Waals surface area contributed by atoms with E-state index in [9.17, 15) is 9.59 Å². The van der Waals surface area contributed by atoms with Crippen LogP contribution in [0.5, 0.6) is 5.75 Å². The number of carbonyl (C=O) groups excluding carboxylic acids is 1. The lowest BCUT2D eigenvalue weighted by Crippen LogP contribution is -2.24. The first-order valence-electron chi connectivity index (χ1n) is 9.64. The molecule has 0 unspecified atom stereocenters. The van der Waals surface area contributed by atoms with Gasteiger partial charge >= 0.3 is 0 Å². The van der Waals surface area contributed by atoms with Gasteiger partial charge in [-0.1, -0.05) is 41.6 Å². The van der Waals surface area contributed by atoms with Gasteiger partial charge in [0.25, 0.3) is 5.56 Å². The number of aryl methyl sites for hydroxylation is 1. The van der Waals surface area contributed by atoms with Crippen molar-refractivity contribution in [1.82, 2.24) is 9.55 Å². The predicted molar refractivity (Wildman–Crippen MR) is 127 cm³/mol. The number of carbonyl (C=O) groups is 1. The van der Waals surface area contributed by atoms with Crippen LogP contribution in [0.3, 0.4) is 0 Å². The van der Waals surface area contributed by atoms with Crippen molar-refractivity contribution < 1.29 is 9.53 Å². The van der Waals surface area contributed by atoms with E-state index in [1.165, 1.54) is 23.1 Å². The third-order valence-electron chi connectivity index (χ3n) is 4.70. The van der Waals surface area contributed by atoms with Crippen molar-refractivity contribution in [2.24, 2.45) is 0 Å². The topological polar surface area (TPSA) is 73.2 Å². The molecule has 0 aliphatic carbocycles. The van der Waals surface area contributed by atoms with E-state index >= 15 is 0 Å². The maximum atomic E-state index is 13.1. The first-order chi connectivity index (χ1) is 15.0. The van der Waals surface area contributed by atoms with Gasteiger partial charge in [0.1, 0.15) is 10.4 Å². The van der Waals surface area contributed by atoms with Crippen LogP contribution in [0.2, 0.25) is 0 Å². The highest BCUT2D eigenvalue weighted by Crippen LogP contribution is 2.22. The summed E-state index contributed by atoms with van der Waals surface area (Å²) >= 11 is 2.63. The maximum Gasteiger partial charge on any atom is 0.272 e. The number of thioether (sulfide) groups is 1. The van der Waals surface area contributed by atoms with E-state index in [1.54, 1.807) is 11.7 Å². The number of aromatic nitrogens is 2. The molecule has 0 aliphatic heterocycles. The van der Waals surface area contributed by atoms with Crippen LogP contribution in [0.25, 0.3) is 10.2 Å². The minimum absolute atomic E-state index is 0.0998. The zero-order chi connectivity index (χ0) is 21.8. The molecule has 4 aromatic rings. The Morgan fingerprint density at radius 1 is 1.13 bits per heavy atom. The molecule has 4 rings (SSSR count). The number of benzene rings is 2. The quantitative estimate of drug-likeness (QED) is 0.330. The molecule has 2 aromatic carbocycles. The lowest BCUT2D eigenvalue weighted by atomic mass is 10.2. The first-order valence-corrected chi connectivity index (χ1v) is 11.5. The van der Waals surface area contributed by atoms with Crippen molar-refractivity contribution in [3.8, 4) is 5.75 Å². The van der Waals surface area contributed by atoms with Gasteiger partial charge in [0, 0.05) is 5.69 Å². The number of hydrogen-bond donors (Lipinski definition) is 1. The van der Waals surface area contributed by atoms with Crippen LogP contribution in [-0.4, -0.2) is 28.3 Å². The van der Waals surface area contributed by atoms with Gasteiger partial charge in [0.15, 0.2) is 5.16 Å². The molecule has 0 aliphatic rings. The largest absolute Gasteiger partial charge is 0.497 e. The van der Waals surface area contributed by atoms with Crippen molar-refractivity contribution in [1.29, 1.82) is 0 Å². The molecular weight excluding hydrogens is 430 g/mol. The summed E-state index contributed by atoms with van der Waals surface area (Å²) in [6, 6.07) is 17.0. The third kappa shape index (κ3) is 4.98. The molecule has 0 radical (unpaired) electrons. The second-order valence-corrected chi connectivity index (χ2v) is 8.83. The summed E-state index contributed by atoms with van der Waals surface area (Å²) < 4.78 is 7.45. The molecule has 0 fully saturated rings. The second kappa shape index (κ2) is 9.36. The number of methoxy groups -OCH3 is 1. The number of rotatable bonds is 7. The summed E-state index contributed by atoms with van der Waals surface area (Å²) in [6.07, 6.45) is 0. The van der Waals surface area contributed by atoms with Crippen LogP contribution in [-0.2, 0) is 11.3 Å². The molecular formula is C23H21N3O3S2. The number of fused-ring (bicyclic) bond motifs is 1. The van der Waals surface area contributed by atoms with Crippen LogP contribution in [0.15, 0.2) is 69.9 Å². The average molecular weight is 452 g/mol. The van der Waals surface area contributed by atoms with E-state index in [0.717, 1.165) is 22.6 Å². The first kappa shape index (κ1) is 21.1. The monoisotopic (exact) mass is 451 g/mol. The van der Waals surface area contributed by atoms with Crippen LogP contribution in [0.1, 0.15) is 11.1 Å². The van der Waals surface area contributed by atoms with Crippen molar-refractivity contribution >= 4 is 44.9 Å². The van der Waals surface area contributed by atoms with Gasteiger partial charge < -0.3 is 10.1 Å². The smallest absolute Gasteiger partial charge is 0.272 e. The number of hydrogen-bond acceptors (Lipinski definition) is 6. The number of thiophene rings is 1. The second-order valence-electron chi connectivity index (χ2n) is 6.97. The molecule has 1 N–H and O–H groups in total. The molecule has 2 aromatic heterocycles. The fourth-order valence-electron chi connectivity index (χ4n) is 3.05. The molecule has 0 spiro atoms. The Labute approximate surface area is 187 Å². The van der Waals surface area contributed by atoms with Gasteiger partial charge in [-0.25, -0.2) is 4.98 Å². The summed E-state index contributed by atoms with van der Waals surface area (Å²) in [5.41, 5.74) is 3.38. The summed E-state index contributed by atoms with van der Waals surface area (Å²) in [7, 11) is 1.62. The van der Waals surface area contributed by atoms with Crippen molar-refractivity contribution in [3.05, 3.63) is 81.5 Å². The molecule has 158 valence electrons. The summed E-state index contributed by atoms with van der Waals surface area (Å²) in [5, 5.41) is 5.26.